The SMILES string of the molecule is Nc1ccc(NC2CCCCC2O)c2ncccc12. The minimum Gasteiger partial charge on any atom is -0.398 e. The van der Waals surface area contributed by atoms with Crippen molar-refractivity contribution in [3.05, 3.63) is 30.5 Å². The maximum Gasteiger partial charge on any atom is 0.0953 e. The van der Waals surface area contributed by atoms with E-state index in [1.165, 1.54) is 0 Å². The van der Waals surface area contributed by atoms with E-state index in [0.29, 0.717) is 0 Å². The molecule has 0 amide bonds. The minimum absolute atomic E-state index is 0.114. The predicted molar refractivity (Wildman–Crippen MR) is 78.0 cm³/mol. The highest BCUT2D eigenvalue weighted by atomic mass is 16.3. The molecule has 4 nitrogen and oxygen atoms in total. The Hall–Kier alpha value is -1.81. The van der Waals surface area contributed by atoms with Crippen LogP contribution < -0.4 is 11.1 Å². The molecule has 19 heavy (non-hydrogen) atoms. The Morgan fingerprint density at radius 1 is 1.21 bits per heavy atom. The molecule has 0 radical (unpaired) electrons. The molecule has 1 heterocycles. The van der Waals surface area contributed by atoms with Gasteiger partial charge in [0.05, 0.1) is 23.3 Å². The fourth-order valence-electron chi connectivity index (χ4n) is 2.79. The van der Waals surface area contributed by atoms with Gasteiger partial charge in [0.25, 0.3) is 0 Å². The first kappa shape index (κ1) is 12.2. The van der Waals surface area contributed by atoms with Crippen molar-refractivity contribution in [1.29, 1.82) is 0 Å². The number of rotatable bonds is 2. The van der Waals surface area contributed by atoms with Crippen LogP contribution in [-0.2, 0) is 0 Å². The number of benzene rings is 1. The summed E-state index contributed by atoms with van der Waals surface area (Å²) < 4.78 is 0. The van der Waals surface area contributed by atoms with Crippen LogP contribution >= 0.6 is 0 Å². The molecule has 100 valence electrons. The molecule has 1 aliphatic carbocycles. The first-order valence-corrected chi connectivity index (χ1v) is 6.83. The number of anilines is 2. The molecular formula is C15H19N3O. The lowest BCUT2D eigenvalue weighted by molar-refractivity contribution is 0.116. The van der Waals surface area contributed by atoms with E-state index in [-0.39, 0.29) is 12.1 Å². The van der Waals surface area contributed by atoms with E-state index in [4.69, 9.17) is 5.73 Å². The number of aromatic nitrogens is 1. The second-order valence-electron chi connectivity index (χ2n) is 5.20. The maximum atomic E-state index is 10.0. The number of aliphatic hydroxyl groups is 1. The third-order valence-electron chi connectivity index (χ3n) is 3.87. The van der Waals surface area contributed by atoms with Crippen LogP contribution in [0.2, 0.25) is 0 Å². The monoisotopic (exact) mass is 257 g/mol. The summed E-state index contributed by atoms with van der Waals surface area (Å²) in [6.45, 7) is 0. The molecule has 0 saturated heterocycles. The Morgan fingerprint density at radius 3 is 2.89 bits per heavy atom. The highest BCUT2D eigenvalue weighted by molar-refractivity contribution is 5.98. The van der Waals surface area contributed by atoms with Crippen molar-refractivity contribution < 1.29 is 5.11 Å². The van der Waals surface area contributed by atoms with Crippen molar-refractivity contribution in [3.63, 3.8) is 0 Å². The van der Waals surface area contributed by atoms with Crippen molar-refractivity contribution in [2.24, 2.45) is 0 Å². The van der Waals surface area contributed by atoms with Crippen molar-refractivity contribution in [2.45, 2.75) is 37.8 Å². The highest BCUT2D eigenvalue weighted by Crippen LogP contribution is 2.29. The van der Waals surface area contributed by atoms with Gasteiger partial charge in [-0.25, -0.2) is 0 Å². The molecular weight excluding hydrogens is 238 g/mol. The molecule has 4 N–H and O–H groups in total. The van der Waals surface area contributed by atoms with Gasteiger partial charge in [0.15, 0.2) is 0 Å². The number of nitrogens with two attached hydrogens (primary N) is 1. The number of nitrogen functional groups attached to an aromatic ring is 1. The summed E-state index contributed by atoms with van der Waals surface area (Å²) in [6, 6.07) is 7.81. The van der Waals surface area contributed by atoms with Gasteiger partial charge in [-0.3, -0.25) is 4.98 Å². The van der Waals surface area contributed by atoms with Crippen LogP contribution in [0.4, 0.5) is 11.4 Å². The Morgan fingerprint density at radius 2 is 2.05 bits per heavy atom. The third kappa shape index (κ3) is 2.36. The average Bonchev–Trinajstić information content (AvgIpc) is 2.44. The zero-order chi connectivity index (χ0) is 13.2. The maximum absolute atomic E-state index is 10.0. The third-order valence-corrected chi connectivity index (χ3v) is 3.87. The molecule has 2 aromatic rings. The summed E-state index contributed by atoms with van der Waals surface area (Å²) in [7, 11) is 0. The van der Waals surface area contributed by atoms with E-state index in [2.05, 4.69) is 10.3 Å². The van der Waals surface area contributed by atoms with Gasteiger partial charge in [0.1, 0.15) is 0 Å². The number of nitrogens with one attached hydrogen (secondary N) is 1. The second-order valence-corrected chi connectivity index (χ2v) is 5.20. The average molecular weight is 257 g/mol. The Bertz CT molecular complexity index is 585. The minimum atomic E-state index is -0.273. The smallest absolute Gasteiger partial charge is 0.0953 e. The summed E-state index contributed by atoms with van der Waals surface area (Å²) in [5.41, 5.74) is 8.53. The van der Waals surface area contributed by atoms with Crippen molar-refractivity contribution in [3.8, 4) is 0 Å². The van der Waals surface area contributed by atoms with E-state index in [9.17, 15) is 5.11 Å². The van der Waals surface area contributed by atoms with Gasteiger partial charge < -0.3 is 16.2 Å². The first-order valence-electron chi connectivity index (χ1n) is 6.83. The zero-order valence-electron chi connectivity index (χ0n) is 10.8. The van der Waals surface area contributed by atoms with Gasteiger partial charge in [-0.1, -0.05) is 12.8 Å². The molecule has 1 aromatic carbocycles. The summed E-state index contributed by atoms with van der Waals surface area (Å²) in [6.07, 6.45) is 5.64. The largest absolute Gasteiger partial charge is 0.398 e. The quantitative estimate of drug-likeness (QED) is 0.723. The Labute approximate surface area is 112 Å². The molecule has 1 aromatic heterocycles. The van der Waals surface area contributed by atoms with E-state index < -0.39 is 0 Å². The van der Waals surface area contributed by atoms with E-state index in [0.717, 1.165) is 48.0 Å². The molecule has 0 aliphatic heterocycles. The van der Waals surface area contributed by atoms with Gasteiger partial charge in [-0.15, -0.1) is 0 Å². The van der Waals surface area contributed by atoms with Gasteiger partial charge in [-0.2, -0.15) is 0 Å². The number of hydrogen-bond donors (Lipinski definition) is 3. The molecule has 1 aliphatic rings. The van der Waals surface area contributed by atoms with E-state index >= 15 is 0 Å². The number of fused-ring (bicyclic) bond motifs is 1. The first-order chi connectivity index (χ1) is 9.25. The Kier molecular flexibility index (Phi) is 3.25. The molecule has 2 unspecified atom stereocenters. The summed E-state index contributed by atoms with van der Waals surface area (Å²) in [5.74, 6) is 0. The zero-order valence-corrected chi connectivity index (χ0v) is 10.8. The molecule has 1 fully saturated rings. The number of nitrogens with zero attached hydrogens (tertiary/aromatic N) is 1. The van der Waals surface area contributed by atoms with Gasteiger partial charge in [-0.05, 0) is 37.1 Å². The van der Waals surface area contributed by atoms with Crippen LogP contribution in [0.25, 0.3) is 10.9 Å². The van der Waals surface area contributed by atoms with Gasteiger partial charge >= 0.3 is 0 Å². The summed E-state index contributed by atoms with van der Waals surface area (Å²) in [4.78, 5) is 4.41. The van der Waals surface area contributed by atoms with Crippen molar-refractivity contribution >= 4 is 22.3 Å². The van der Waals surface area contributed by atoms with Crippen LogP contribution in [0.3, 0.4) is 0 Å². The lowest BCUT2D eigenvalue weighted by Crippen LogP contribution is -2.36. The van der Waals surface area contributed by atoms with Gasteiger partial charge in [0.2, 0.25) is 0 Å². The molecule has 4 heteroatoms. The van der Waals surface area contributed by atoms with Crippen LogP contribution in [0, 0.1) is 0 Å². The molecule has 2 atom stereocenters. The van der Waals surface area contributed by atoms with Gasteiger partial charge in [0, 0.05) is 17.3 Å². The van der Waals surface area contributed by atoms with E-state index in [1.54, 1.807) is 6.20 Å². The molecule has 0 spiro atoms. The highest BCUT2D eigenvalue weighted by Gasteiger charge is 2.23. The normalized spacial score (nSPS) is 23.4. The van der Waals surface area contributed by atoms with Crippen molar-refractivity contribution in [1.82, 2.24) is 4.98 Å². The second kappa shape index (κ2) is 5.05. The summed E-state index contributed by atoms with van der Waals surface area (Å²) in [5, 5.41) is 14.4. The van der Waals surface area contributed by atoms with Crippen LogP contribution in [0.1, 0.15) is 25.7 Å². The molecule has 3 rings (SSSR count). The fraction of sp³-hybridized carbons (Fsp3) is 0.400. The number of pyridine rings is 1. The molecule has 1 saturated carbocycles. The van der Waals surface area contributed by atoms with Crippen LogP contribution in [-0.4, -0.2) is 22.2 Å². The standard InChI is InChI=1S/C15H19N3O/c16-11-7-8-13(15-10(11)4-3-9-17-15)18-12-5-1-2-6-14(12)19/h3-4,7-9,12,14,18-19H,1-2,5-6,16H2. The lowest BCUT2D eigenvalue weighted by Gasteiger charge is -2.29. The lowest BCUT2D eigenvalue weighted by atomic mass is 9.92. The predicted octanol–water partition coefficient (Wildman–Crippen LogP) is 2.53. The van der Waals surface area contributed by atoms with E-state index in [1.807, 2.05) is 24.3 Å². The summed E-state index contributed by atoms with van der Waals surface area (Å²) >= 11 is 0. The topological polar surface area (TPSA) is 71.2 Å². The van der Waals surface area contributed by atoms with Crippen LogP contribution in [0.15, 0.2) is 30.5 Å². The molecule has 0 bridgehead atoms. The van der Waals surface area contributed by atoms with Crippen LogP contribution in [0.5, 0.6) is 0 Å². The fourth-order valence-corrected chi connectivity index (χ4v) is 2.79. The number of aliphatic hydroxyl groups excluding tert-OH is 1. The van der Waals surface area contributed by atoms with Crippen molar-refractivity contribution in [2.75, 3.05) is 11.1 Å². The Balaban J connectivity index is 1.94. The number of hydrogen-bond acceptors (Lipinski definition) is 4.